The highest BCUT2D eigenvalue weighted by Crippen LogP contribution is 2.35. The van der Waals surface area contributed by atoms with Gasteiger partial charge in [0.1, 0.15) is 16.5 Å². The third-order valence-corrected chi connectivity index (χ3v) is 3.74. The van der Waals surface area contributed by atoms with Crippen LogP contribution >= 0.6 is 11.3 Å². The molecule has 0 aliphatic heterocycles. The summed E-state index contributed by atoms with van der Waals surface area (Å²) in [5.41, 5.74) is 1.54. The molecule has 0 spiro atoms. The van der Waals surface area contributed by atoms with Crippen LogP contribution < -0.4 is 9.47 Å². The molecule has 0 saturated carbocycles. The summed E-state index contributed by atoms with van der Waals surface area (Å²) >= 11 is 1.46. The Morgan fingerprint density at radius 2 is 2.10 bits per heavy atom. The van der Waals surface area contributed by atoms with Gasteiger partial charge in [-0.1, -0.05) is 0 Å². The predicted molar refractivity (Wildman–Crippen MR) is 81.0 cm³/mol. The molecule has 1 heterocycles. The fourth-order valence-corrected chi connectivity index (χ4v) is 2.69. The Kier molecular flexibility index (Phi) is 5.16. The SMILES string of the molecule is CCOC(=O)Cc1csc(-c2cc(OC)ccc2OC)n1. The summed E-state index contributed by atoms with van der Waals surface area (Å²) in [7, 11) is 3.22. The number of aromatic nitrogens is 1. The maximum atomic E-state index is 11.5. The average Bonchev–Trinajstić information content (AvgIpc) is 2.95. The van der Waals surface area contributed by atoms with E-state index in [0.29, 0.717) is 18.1 Å². The van der Waals surface area contributed by atoms with E-state index in [1.807, 2.05) is 23.6 Å². The van der Waals surface area contributed by atoms with Crippen LogP contribution in [0.5, 0.6) is 11.5 Å². The predicted octanol–water partition coefficient (Wildman–Crippen LogP) is 2.93. The molecule has 1 aromatic carbocycles. The molecule has 21 heavy (non-hydrogen) atoms. The Morgan fingerprint density at radius 3 is 2.76 bits per heavy atom. The molecule has 0 radical (unpaired) electrons. The van der Waals surface area contributed by atoms with Gasteiger partial charge in [0.2, 0.25) is 0 Å². The van der Waals surface area contributed by atoms with Gasteiger partial charge < -0.3 is 14.2 Å². The highest BCUT2D eigenvalue weighted by Gasteiger charge is 2.13. The number of rotatable bonds is 6. The first-order valence-electron chi connectivity index (χ1n) is 6.50. The van der Waals surface area contributed by atoms with Crippen LogP contribution in [0.25, 0.3) is 10.6 Å². The molecule has 0 fully saturated rings. The van der Waals surface area contributed by atoms with Crippen molar-refractivity contribution in [2.24, 2.45) is 0 Å². The molecule has 2 aromatic rings. The Labute approximate surface area is 127 Å². The number of thiazole rings is 1. The van der Waals surface area contributed by atoms with Gasteiger partial charge in [0.25, 0.3) is 0 Å². The van der Waals surface area contributed by atoms with E-state index in [2.05, 4.69) is 4.98 Å². The third kappa shape index (κ3) is 3.72. The molecule has 6 heteroatoms. The standard InChI is InChI=1S/C15H17NO4S/c1-4-20-14(17)7-10-9-21-15(16-10)12-8-11(18-2)5-6-13(12)19-3/h5-6,8-9H,4,7H2,1-3H3. The summed E-state index contributed by atoms with van der Waals surface area (Å²) in [6, 6.07) is 5.53. The average molecular weight is 307 g/mol. The second-order valence-electron chi connectivity index (χ2n) is 4.19. The van der Waals surface area contributed by atoms with Crippen LogP contribution in [0.3, 0.4) is 0 Å². The maximum absolute atomic E-state index is 11.5. The van der Waals surface area contributed by atoms with Gasteiger partial charge >= 0.3 is 5.97 Å². The van der Waals surface area contributed by atoms with Crippen molar-refractivity contribution in [2.75, 3.05) is 20.8 Å². The lowest BCUT2D eigenvalue weighted by Gasteiger charge is -2.08. The Morgan fingerprint density at radius 1 is 1.29 bits per heavy atom. The highest BCUT2D eigenvalue weighted by molar-refractivity contribution is 7.13. The lowest BCUT2D eigenvalue weighted by atomic mass is 10.2. The first-order valence-corrected chi connectivity index (χ1v) is 7.38. The monoisotopic (exact) mass is 307 g/mol. The lowest BCUT2D eigenvalue weighted by Crippen LogP contribution is -2.07. The van der Waals surface area contributed by atoms with Crippen molar-refractivity contribution in [3.05, 3.63) is 29.3 Å². The minimum Gasteiger partial charge on any atom is -0.497 e. The van der Waals surface area contributed by atoms with E-state index in [1.165, 1.54) is 11.3 Å². The molecule has 0 aliphatic rings. The van der Waals surface area contributed by atoms with Crippen molar-refractivity contribution in [3.8, 4) is 22.1 Å². The molecular weight excluding hydrogens is 290 g/mol. The smallest absolute Gasteiger partial charge is 0.311 e. The van der Waals surface area contributed by atoms with Crippen LogP contribution in [0.15, 0.2) is 23.6 Å². The maximum Gasteiger partial charge on any atom is 0.311 e. The normalized spacial score (nSPS) is 10.2. The quantitative estimate of drug-likeness (QED) is 0.768. The first kappa shape index (κ1) is 15.3. The zero-order valence-corrected chi connectivity index (χ0v) is 13.0. The number of benzene rings is 1. The minimum absolute atomic E-state index is 0.177. The Hall–Kier alpha value is -2.08. The van der Waals surface area contributed by atoms with E-state index in [9.17, 15) is 4.79 Å². The summed E-state index contributed by atoms with van der Waals surface area (Å²) in [5.74, 6) is 1.17. The van der Waals surface area contributed by atoms with Crippen molar-refractivity contribution in [1.82, 2.24) is 4.98 Å². The van der Waals surface area contributed by atoms with Gasteiger partial charge in [-0.05, 0) is 25.1 Å². The number of carbonyl (C=O) groups is 1. The summed E-state index contributed by atoms with van der Waals surface area (Å²) in [6.07, 6.45) is 0.177. The van der Waals surface area contributed by atoms with E-state index in [4.69, 9.17) is 14.2 Å². The number of methoxy groups -OCH3 is 2. The molecule has 1 aromatic heterocycles. The van der Waals surface area contributed by atoms with Crippen LogP contribution in [0.2, 0.25) is 0 Å². The van der Waals surface area contributed by atoms with Crippen molar-refractivity contribution < 1.29 is 19.0 Å². The number of hydrogen-bond donors (Lipinski definition) is 0. The largest absolute Gasteiger partial charge is 0.497 e. The van der Waals surface area contributed by atoms with Crippen molar-refractivity contribution in [1.29, 1.82) is 0 Å². The molecule has 0 N–H and O–H groups in total. The van der Waals surface area contributed by atoms with Gasteiger partial charge in [0, 0.05) is 5.38 Å². The van der Waals surface area contributed by atoms with Crippen LogP contribution in [-0.4, -0.2) is 31.8 Å². The van der Waals surface area contributed by atoms with Crippen LogP contribution in [0.4, 0.5) is 0 Å². The first-order chi connectivity index (χ1) is 10.2. The number of carbonyl (C=O) groups excluding carboxylic acids is 1. The second-order valence-corrected chi connectivity index (χ2v) is 5.05. The summed E-state index contributed by atoms with van der Waals surface area (Å²) in [4.78, 5) is 15.9. The zero-order chi connectivity index (χ0) is 15.2. The fraction of sp³-hybridized carbons (Fsp3) is 0.333. The van der Waals surface area contributed by atoms with Crippen molar-refractivity contribution in [2.45, 2.75) is 13.3 Å². The zero-order valence-electron chi connectivity index (χ0n) is 12.2. The van der Waals surface area contributed by atoms with E-state index < -0.39 is 0 Å². The number of ether oxygens (including phenoxy) is 3. The van der Waals surface area contributed by atoms with Crippen LogP contribution in [0.1, 0.15) is 12.6 Å². The minimum atomic E-state index is -0.271. The van der Waals surface area contributed by atoms with Gasteiger partial charge in [-0.25, -0.2) is 4.98 Å². The van der Waals surface area contributed by atoms with Crippen LogP contribution in [0, 0.1) is 0 Å². The fourth-order valence-electron chi connectivity index (χ4n) is 1.85. The van der Waals surface area contributed by atoms with Gasteiger partial charge in [-0.15, -0.1) is 11.3 Å². The van der Waals surface area contributed by atoms with E-state index >= 15 is 0 Å². The third-order valence-electron chi connectivity index (χ3n) is 2.82. The van der Waals surface area contributed by atoms with E-state index in [-0.39, 0.29) is 12.4 Å². The summed E-state index contributed by atoms with van der Waals surface area (Å²) in [6.45, 7) is 2.16. The molecule has 5 nitrogen and oxygen atoms in total. The van der Waals surface area contributed by atoms with E-state index in [0.717, 1.165) is 16.3 Å². The van der Waals surface area contributed by atoms with Crippen molar-refractivity contribution >= 4 is 17.3 Å². The summed E-state index contributed by atoms with van der Waals surface area (Å²) < 4.78 is 15.5. The Balaban J connectivity index is 2.26. The number of hydrogen-bond acceptors (Lipinski definition) is 6. The number of nitrogens with zero attached hydrogens (tertiary/aromatic N) is 1. The second kappa shape index (κ2) is 7.08. The van der Waals surface area contributed by atoms with Gasteiger partial charge in [0.15, 0.2) is 0 Å². The van der Waals surface area contributed by atoms with Crippen molar-refractivity contribution in [3.63, 3.8) is 0 Å². The van der Waals surface area contributed by atoms with Crippen LogP contribution in [-0.2, 0) is 16.0 Å². The molecule has 0 amide bonds. The lowest BCUT2D eigenvalue weighted by molar-refractivity contribution is -0.142. The van der Waals surface area contributed by atoms with Gasteiger partial charge in [0.05, 0.1) is 38.5 Å². The Bertz CT molecular complexity index is 624. The highest BCUT2D eigenvalue weighted by atomic mass is 32.1. The summed E-state index contributed by atoms with van der Waals surface area (Å²) in [5, 5.41) is 2.63. The molecule has 0 aliphatic carbocycles. The molecule has 0 atom stereocenters. The van der Waals surface area contributed by atoms with E-state index in [1.54, 1.807) is 21.1 Å². The van der Waals surface area contributed by atoms with Gasteiger partial charge in [-0.2, -0.15) is 0 Å². The van der Waals surface area contributed by atoms with Gasteiger partial charge in [-0.3, -0.25) is 4.79 Å². The molecule has 112 valence electrons. The topological polar surface area (TPSA) is 57.7 Å². The number of esters is 1. The molecule has 2 rings (SSSR count). The molecule has 0 saturated heterocycles. The molecular formula is C15H17NO4S. The molecule has 0 unspecified atom stereocenters. The molecule has 0 bridgehead atoms.